The summed E-state index contributed by atoms with van der Waals surface area (Å²) in [6.07, 6.45) is 11.3. The summed E-state index contributed by atoms with van der Waals surface area (Å²) in [5.41, 5.74) is 1.37. The van der Waals surface area contributed by atoms with Crippen LogP contribution >= 0.6 is 0 Å². The molecule has 1 unspecified atom stereocenters. The van der Waals surface area contributed by atoms with E-state index in [9.17, 15) is 4.79 Å². The summed E-state index contributed by atoms with van der Waals surface area (Å²) in [6, 6.07) is 0. The molecule has 0 spiro atoms. The summed E-state index contributed by atoms with van der Waals surface area (Å²) in [4.78, 5) is 29.1. The number of carbonyl (C=O) groups excluding carboxylic acids is 1. The van der Waals surface area contributed by atoms with Crippen LogP contribution in [0, 0.1) is 0 Å². The van der Waals surface area contributed by atoms with Gasteiger partial charge in [0.15, 0.2) is 5.82 Å². The molecule has 3 aromatic rings. The zero-order chi connectivity index (χ0) is 17.1. The van der Waals surface area contributed by atoms with Crippen LogP contribution in [0.15, 0.2) is 37.2 Å². The Kier molecular flexibility index (Phi) is 4.11. The first-order valence-electron chi connectivity index (χ1n) is 8.05. The Labute approximate surface area is 143 Å². The van der Waals surface area contributed by atoms with E-state index in [1.54, 1.807) is 37.2 Å². The van der Waals surface area contributed by atoms with E-state index in [2.05, 4.69) is 35.5 Å². The maximum Gasteiger partial charge on any atom is 0.231 e. The molecule has 0 bridgehead atoms. The number of hydrogen-bond donors (Lipinski definition) is 1. The van der Waals surface area contributed by atoms with E-state index in [1.807, 2.05) is 4.57 Å². The number of fused-ring (bicyclic) bond motifs is 1. The van der Waals surface area contributed by atoms with Gasteiger partial charge in [0.2, 0.25) is 5.91 Å². The molecule has 1 amide bonds. The zero-order valence-electron chi connectivity index (χ0n) is 13.4. The van der Waals surface area contributed by atoms with Crippen molar-refractivity contribution in [2.24, 2.45) is 0 Å². The van der Waals surface area contributed by atoms with Crippen molar-refractivity contribution >= 4 is 5.91 Å². The smallest absolute Gasteiger partial charge is 0.231 e. The number of rotatable bonds is 4. The zero-order valence-corrected chi connectivity index (χ0v) is 13.4. The molecule has 9 nitrogen and oxygen atoms in total. The maximum atomic E-state index is 12.6. The third kappa shape index (κ3) is 3.08. The Morgan fingerprint density at radius 1 is 1.12 bits per heavy atom. The highest BCUT2D eigenvalue weighted by Crippen LogP contribution is 2.29. The first-order chi connectivity index (χ1) is 12.3. The van der Waals surface area contributed by atoms with Gasteiger partial charge in [-0.15, -0.1) is 10.2 Å². The molecule has 0 aliphatic carbocycles. The molecular formula is C16H16N8O. The Morgan fingerprint density at radius 3 is 2.72 bits per heavy atom. The SMILES string of the molecule is O=C(NCc1cnccn1)C1CCCn2c(-c3cnccn3)nnc21. The number of amides is 1. The van der Waals surface area contributed by atoms with E-state index in [4.69, 9.17) is 0 Å². The van der Waals surface area contributed by atoms with Gasteiger partial charge in [0.25, 0.3) is 0 Å². The van der Waals surface area contributed by atoms with Gasteiger partial charge in [0.05, 0.1) is 30.6 Å². The summed E-state index contributed by atoms with van der Waals surface area (Å²) < 4.78 is 1.96. The molecular weight excluding hydrogens is 320 g/mol. The topological polar surface area (TPSA) is 111 Å². The summed E-state index contributed by atoms with van der Waals surface area (Å²) in [6.45, 7) is 1.11. The summed E-state index contributed by atoms with van der Waals surface area (Å²) in [5, 5.41) is 11.4. The minimum absolute atomic E-state index is 0.0790. The molecule has 1 N–H and O–H groups in total. The van der Waals surface area contributed by atoms with Gasteiger partial charge in [0, 0.05) is 31.3 Å². The van der Waals surface area contributed by atoms with Crippen LogP contribution in [-0.4, -0.2) is 40.6 Å². The van der Waals surface area contributed by atoms with Crippen LogP contribution in [-0.2, 0) is 17.9 Å². The molecule has 25 heavy (non-hydrogen) atoms. The standard InChI is InChI=1S/C16H16N8O/c25-16(21-9-11-8-17-3-5-19-11)12-2-1-7-24-14(12)22-23-15(24)13-10-18-4-6-20-13/h3-6,8,10,12H,1-2,7,9H2,(H,21,25). The fraction of sp³-hybridized carbons (Fsp3) is 0.312. The second kappa shape index (κ2) is 6.71. The van der Waals surface area contributed by atoms with Gasteiger partial charge in [-0.3, -0.25) is 19.7 Å². The molecule has 0 radical (unpaired) electrons. The van der Waals surface area contributed by atoms with Crippen LogP contribution in [0.1, 0.15) is 30.3 Å². The highest BCUT2D eigenvalue weighted by molar-refractivity contribution is 5.83. The Bertz CT molecular complexity index is 864. The van der Waals surface area contributed by atoms with Crippen molar-refractivity contribution in [3.63, 3.8) is 0 Å². The summed E-state index contributed by atoms with van der Waals surface area (Å²) >= 11 is 0. The maximum absolute atomic E-state index is 12.6. The molecule has 0 aromatic carbocycles. The van der Waals surface area contributed by atoms with Crippen LogP contribution < -0.4 is 5.32 Å². The number of nitrogens with zero attached hydrogens (tertiary/aromatic N) is 7. The highest BCUT2D eigenvalue weighted by Gasteiger charge is 2.31. The van der Waals surface area contributed by atoms with Gasteiger partial charge in [-0.25, -0.2) is 4.98 Å². The molecule has 4 heterocycles. The second-order valence-corrected chi connectivity index (χ2v) is 5.73. The van der Waals surface area contributed by atoms with Crippen molar-refractivity contribution < 1.29 is 4.79 Å². The lowest BCUT2D eigenvalue weighted by atomic mass is 9.97. The fourth-order valence-electron chi connectivity index (χ4n) is 2.95. The molecule has 0 saturated heterocycles. The molecule has 126 valence electrons. The van der Waals surface area contributed by atoms with Gasteiger partial charge >= 0.3 is 0 Å². The minimum Gasteiger partial charge on any atom is -0.350 e. The second-order valence-electron chi connectivity index (χ2n) is 5.73. The molecule has 0 fully saturated rings. The molecule has 4 rings (SSSR count). The van der Waals surface area contributed by atoms with E-state index in [0.29, 0.717) is 29.6 Å². The van der Waals surface area contributed by atoms with E-state index < -0.39 is 0 Å². The molecule has 1 aliphatic rings. The van der Waals surface area contributed by atoms with E-state index >= 15 is 0 Å². The van der Waals surface area contributed by atoms with Crippen molar-refractivity contribution in [2.45, 2.75) is 31.8 Å². The lowest BCUT2D eigenvalue weighted by molar-refractivity contribution is -0.123. The summed E-state index contributed by atoms with van der Waals surface area (Å²) in [7, 11) is 0. The summed E-state index contributed by atoms with van der Waals surface area (Å²) in [5.74, 6) is 0.908. The first kappa shape index (κ1) is 15.3. The Hall–Kier alpha value is -3.23. The largest absolute Gasteiger partial charge is 0.350 e. The molecule has 1 aliphatic heterocycles. The number of aromatic nitrogens is 7. The van der Waals surface area contributed by atoms with Gasteiger partial charge in [-0.05, 0) is 12.8 Å². The molecule has 9 heteroatoms. The molecule has 3 aromatic heterocycles. The van der Waals surface area contributed by atoms with Crippen LogP contribution in [0.5, 0.6) is 0 Å². The van der Waals surface area contributed by atoms with Crippen molar-refractivity contribution in [1.82, 2.24) is 40.0 Å². The van der Waals surface area contributed by atoms with Crippen LogP contribution in [0.4, 0.5) is 0 Å². The van der Waals surface area contributed by atoms with Crippen molar-refractivity contribution in [1.29, 1.82) is 0 Å². The normalized spacial score (nSPS) is 16.2. The van der Waals surface area contributed by atoms with Gasteiger partial charge in [0.1, 0.15) is 11.5 Å². The molecule has 0 saturated carbocycles. The first-order valence-corrected chi connectivity index (χ1v) is 8.05. The Morgan fingerprint density at radius 2 is 1.96 bits per heavy atom. The quantitative estimate of drug-likeness (QED) is 0.747. The number of nitrogens with one attached hydrogen (secondary N) is 1. The number of hydrogen-bond acceptors (Lipinski definition) is 7. The molecule has 1 atom stereocenters. The van der Waals surface area contributed by atoms with Gasteiger partial charge in [-0.1, -0.05) is 0 Å². The van der Waals surface area contributed by atoms with E-state index in [-0.39, 0.29) is 11.8 Å². The van der Waals surface area contributed by atoms with Crippen molar-refractivity contribution in [3.05, 3.63) is 48.7 Å². The fourth-order valence-corrected chi connectivity index (χ4v) is 2.95. The monoisotopic (exact) mass is 336 g/mol. The number of carbonyl (C=O) groups is 1. The third-order valence-electron chi connectivity index (χ3n) is 4.13. The van der Waals surface area contributed by atoms with Crippen molar-refractivity contribution in [2.75, 3.05) is 0 Å². The van der Waals surface area contributed by atoms with E-state index in [1.165, 1.54) is 0 Å². The lowest BCUT2D eigenvalue weighted by Crippen LogP contribution is -2.33. The van der Waals surface area contributed by atoms with Gasteiger partial charge < -0.3 is 9.88 Å². The van der Waals surface area contributed by atoms with Gasteiger partial charge in [-0.2, -0.15) is 0 Å². The predicted molar refractivity (Wildman–Crippen MR) is 86.9 cm³/mol. The lowest BCUT2D eigenvalue weighted by Gasteiger charge is -2.22. The minimum atomic E-state index is -0.330. The van der Waals surface area contributed by atoms with Crippen LogP contribution in [0.2, 0.25) is 0 Å². The van der Waals surface area contributed by atoms with Crippen LogP contribution in [0.25, 0.3) is 11.5 Å². The Balaban J connectivity index is 1.54. The predicted octanol–water partition coefficient (Wildman–Crippen LogP) is 0.719. The highest BCUT2D eigenvalue weighted by atomic mass is 16.1. The third-order valence-corrected chi connectivity index (χ3v) is 4.13. The average molecular weight is 336 g/mol. The average Bonchev–Trinajstić information content (AvgIpc) is 3.12. The van der Waals surface area contributed by atoms with Crippen molar-refractivity contribution in [3.8, 4) is 11.5 Å². The van der Waals surface area contributed by atoms with Crippen LogP contribution in [0.3, 0.4) is 0 Å². The van der Waals surface area contributed by atoms with E-state index in [0.717, 1.165) is 19.4 Å².